The molecule has 2 heterocycles. The largest absolute Gasteiger partial charge is 0.389 e. The number of aliphatic hydroxyl groups excluding tert-OH is 1. The summed E-state index contributed by atoms with van der Waals surface area (Å²) in [7, 11) is 0. The van der Waals surface area contributed by atoms with Gasteiger partial charge >= 0.3 is 0 Å². The molecule has 2 fully saturated rings. The number of aliphatic hydroxyl groups is 1. The van der Waals surface area contributed by atoms with E-state index in [1.54, 1.807) is 0 Å². The fourth-order valence-corrected chi connectivity index (χ4v) is 4.22. The lowest BCUT2D eigenvalue weighted by atomic mass is 9.76. The Morgan fingerprint density at radius 3 is 2.44 bits per heavy atom. The predicted molar refractivity (Wildman–Crippen MR) is 101 cm³/mol. The van der Waals surface area contributed by atoms with Gasteiger partial charge in [0.05, 0.1) is 18.8 Å². The van der Waals surface area contributed by atoms with Crippen molar-refractivity contribution in [2.75, 3.05) is 19.7 Å². The summed E-state index contributed by atoms with van der Waals surface area (Å²) < 4.78 is 6.06. The third-order valence-corrected chi connectivity index (χ3v) is 5.65. The lowest BCUT2D eigenvalue weighted by Gasteiger charge is -2.28. The number of ketones is 1. The first-order valence-corrected chi connectivity index (χ1v) is 10.00. The van der Waals surface area contributed by atoms with Crippen LogP contribution in [-0.4, -0.2) is 54.6 Å². The standard InChI is InChI=1S/C20H32N2O5/c1-2-19(25)22-12-20(26)21-11-16-15(17-9-10-18(16)27-17)8-6-4-3-5-7-14(24)13-23/h2,15-18,23H,1,3-13H2,(H,21,26)(H,22,25)/t15-,16+,17-,18+/m1/s1. The Balaban J connectivity index is 1.67. The highest BCUT2D eigenvalue weighted by Gasteiger charge is 2.48. The van der Waals surface area contributed by atoms with Gasteiger partial charge in [-0.25, -0.2) is 0 Å². The molecule has 2 rings (SSSR count). The van der Waals surface area contributed by atoms with E-state index in [2.05, 4.69) is 17.2 Å². The Morgan fingerprint density at radius 1 is 1.04 bits per heavy atom. The van der Waals surface area contributed by atoms with Gasteiger partial charge in [0.25, 0.3) is 0 Å². The lowest BCUT2D eigenvalue weighted by molar-refractivity contribution is -0.124. The van der Waals surface area contributed by atoms with Gasteiger partial charge in [-0.1, -0.05) is 25.8 Å². The topological polar surface area (TPSA) is 105 Å². The van der Waals surface area contributed by atoms with Crippen molar-refractivity contribution < 1.29 is 24.2 Å². The zero-order valence-electron chi connectivity index (χ0n) is 16.0. The van der Waals surface area contributed by atoms with Crippen LogP contribution in [0, 0.1) is 11.8 Å². The second kappa shape index (κ2) is 11.2. The number of rotatable bonds is 13. The number of amides is 2. The zero-order valence-corrected chi connectivity index (χ0v) is 16.0. The van der Waals surface area contributed by atoms with Crippen LogP contribution in [0.3, 0.4) is 0 Å². The van der Waals surface area contributed by atoms with Crippen LogP contribution < -0.4 is 10.6 Å². The normalized spacial score (nSPS) is 26.0. The van der Waals surface area contributed by atoms with Crippen LogP contribution in [0.5, 0.6) is 0 Å². The van der Waals surface area contributed by atoms with E-state index in [0.29, 0.717) is 30.9 Å². The van der Waals surface area contributed by atoms with Gasteiger partial charge in [-0.05, 0) is 37.7 Å². The lowest BCUT2D eigenvalue weighted by Crippen LogP contribution is -2.42. The van der Waals surface area contributed by atoms with Gasteiger partial charge in [0.2, 0.25) is 11.8 Å². The van der Waals surface area contributed by atoms with Crippen LogP contribution >= 0.6 is 0 Å². The van der Waals surface area contributed by atoms with Gasteiger partial charge < -0.3 is 20.5 Å². The maximum Gasteiger partial charge on any atom is 0.243 e. The molecule has 2 aliphatic rings. The number of hydrogen-bond acceptors (Lipinski definition) is 5. The quantitative estimate of drug-likeness (QED) is 0.328. The maximum atomic E-state index is 11.9. The van der Waals surface area contributed by atoms with Gasteiger partial charge in [0.15, 0.2) is 5.78 Å². The molecule has 4 atom stereocenters. The highest BCUT2D eigenvalue weighted by molar-refractivity contribution is 5.90. The molecular weight excluding hydrogens is 348 g/mol. The average molecular weight is 380 g/mol. The number of carbonyl (C=O) groups is 3. The average Bonchev–Trinajstić information content (AvgIpc) is 3.28. The number of unbranched alkanes of at least 4 members (excludes halogenated alkanes) is 3. The Kier molecular flexibility index (Phi) is 8.94. The van der Waals surface area contributed by atoms with E-state index >= 15 is 0 Å². The van der Waals surface area contributed by atoms with Crippen molar-refractivity contribution in [3.63, 3.8) is 0 Å². The van der Waals surface area contributed by atoms with Crippen LogP contribution in [0.2, 0.25) is 0 Å². The molecule has 0 aromatic carbocycles. The molecule has 0 aliphatic carbocycles. The van der Waals surface area contributed by atoms with Crippen molar-refractivity contribution in [2.45, 2.75) is 63.6 Å². The Bertz CT molecular complexity index is 536. The summed E-state index contributed by atoms with van der Waals surface area (Å²) in [5.41, 5.74) is 0. The third-order valence-electron chi connectivity index (χ3n) is 5.65. The summed E-state index contributed by atoms with van der Waals surface area (Å²) >= 11 is 0. The zero-order chi connectivity index (χ0) is 19.6. The molecule has 2 bridgehead atoms. The second-order valence-corrected chi connectivity index (χ2v) is 7.49. The minimum atomic E-state index is -0.355. The molecule has 0 saturated carbocycles. The van der Waals surface area contributed by atoms with Gasteiger partial charge in [0.1, 0.15) is 6.61 Å². The molecule has 0 radical (unpaired) electrons. The summed E-state index contributed by atoms with van der Waals surface area (Å²) in [5, 5.41) is 14.1. The maximum absolute atomic E-state index is 11.9. The number of ether oxygens (including phenoxy) is 1. The van der Waals surface area contributed by atoms with E-state index < -0.39 is 0 Å². The van der Waals surface area contributed by atoms with Crippen molar-refractivity contribution in [2.24, 2.45) is 11.8 Å². The molecule has 0 aromatic rings. The van der Waals surface area contributed by atoms with Crippen molar-refractivity contribution in [1.82, 2.24) is 10.6 Å². The van der Waals surface area contributed by atoms with Gasteiger partial charge in [-0.15, -0.1) is 0 Å². The van der Waals surface area contributed by atoms with Crippen LogP contribution in [-0.2, 0) is 19.1 Å². The number of hydrogen-bond donors (Lipinski definition) is 3. The molecule has 7 nitrogen and oxygen atoms in total. The SMILES string of the molecule is C=CC(=O)NCC(=O)NC[C@H]1[C@@H](CCCCCCC(=O)CO)[C@H]2CC[C@@H]1O2. The molecule has 0 unspecified atom stereocenters. The molecule has 0 aromatic heterocycles. The van der Waals surface area contributed by atoms with Gasteiger partial charge in [0, 0.05) is 18.9 Å². The van der Waals surface area contributed by atoms with Crippen LogP contribution in [0.4, 0.5) is 0 Å². The molecule has 27 heavy (non-hydrogen) atoms. The molecule has 2 amide bonds. The fraction of sp³-hybridized carbons (Fsp3) is 0.750. The van der Waals surface area contributed by atoms with E-state index in [1.165, 1.54) is 0 Å². The fourth-order valence-electron chi connectivity index (χ4n) is 4.22. The van der Waals surface area contributed by atoms with E-state index in [1.807, 2.05) is 0 Å². The van der Waals surface area contributed by atoms with Crippen LogP contribution in [0.25, 0.3) is 0 Å². The molecule has 2 aliphatic heterocycles. The van der Waals surface area contributed by atoms with Crippen molar-refractivity contribution >= 4 is 17.6 Å². The summed E-state index contributed by atoms with van der Waals surface area (Å²) in [5.74, 6) is 0.161. The molecule has 2 saturated heterocycles. The summed E-state index contributed by atoms with van der Waals surface area (Å²) in [6, 6.07) is 0. The molecule has 0 spiro atoms. The molecule has 7 heteroatoms. The number of fused-ring (bicyclic) bond motifs is 2. The number of carbonyl (C=O) groups excluding carboxylic acids is 3. The van der Waals surface area contributed by atoms with Crippen molar-refractivity contribution in [3.8, 4) is 0 Å². The van der Waals surface area contributed by atoms with Crippen LogP contribution in [0.1, 0.15) is 51.4 Å². The first-order chi connectivity index (χ1) is 13.0. The summed E-state index contributed by atoms with van der Waals surface area (Å²) in [6.07, 6.45) is 9.35. The van der Waals surface area contributed by atoms with Gasteiger partial charge in [-0.3, -0.25) is 14.4 Å². The Morgan fingerprint density at radius 2 is 1.74 bits per heavy atom. The number of nitrogens with one attached hydrogen (secondary N) is 2. The van der Waals surface area contributed by atoms with Crippen molar-refractivity contribution in [3.05, 3.63) is 12.7 Å². The van der Waals surface area contributed by atoms with Crippen LogP contribution in [0.15, 0.2) is 12.7 Å². The minimum Gasteiger partial charge on any atom is -0.389 e. The van der Waals surface area contributed by atoms with E-state index in [4.69, 9.17) is 9.84 Å². The van der Waals surface area contributed by atoms with Gasteiger partial charge in [-0.2, -0.15) is 0 Å². The van der Waals surface area contributed by atoms with Crippen molar-refractivity contribution in [1.29, 1.82) is 0 Å². The Hall–Kier alpha value is -1.73. The number of Topliss-reactive ketones (excluding diaryl/α,β-unsaturated/α-hetero) is 1. The van der Waals surface area contributed by atoms with E-state index in [0.717, 1.165) is 51.0 Å². The van der Waals surface area contributed by atoms with E-state index in [-0.39, 0.29) is 36.9 Å². The van der Waals surface area contributed by atoms with E-state index in [9.17, 15) is 14.4 Å². The first kappa shape index (κ1) is 21.6. The highest BCUT2D eigenvalue weighted by atomic mass is 16.5. The first-order valence-electron chi connectivity index (χ1n) is 10.00. The molecular formula is C20H32N2O5. The second-order valence-electron chi connectivity index (χ2n) is 7.49. The highest BCUT2D eigenvalue weighted by Crippen LogP contribution is 2.45. The minimum absolute atomic E-state index is 0.0379. The predicted octanol–water partition coefficient (Wildman–Crippen LogP) is 1.10. The third kappa shape index (κ3) is 6.74. The summed E-state index contributed by atoms with van der Waals surface area (Å²) in [4.78, 5) is 34.1. The monoisotopic (exact) mass is 380 g/mol. The summed E-state index contributed by atoms with van der Waals surface area (Å²) in [6.45, 7) is 3.55. The Labute approximate surface area is 160 Å². The molecule has 152 valence electrons. The smallest absolute Gasteiger partial charge is 0.243 e. The molecule has 3 N–H and O–H groups in total.